The number of nitrogens with zero attached hydrogens (tertiary/aromatic N) is 4. The van der Waals surface area contributed by atoms with E-state index in [4.69, 9.17) is 9.84 Å². The zero-order valence-corrected chi connectivity index (χ0v) is 12.8. The van der Waals surface area contributed by atoms with Gasteiger partial charge in [-0.1, -0.05) is 13.8 Å². The minimum atomic E-state index is 0.263. The molecule has 1 atom stereocenters. The summed E-state index contributed by atoms with van der Waals surface area (Å²) in [7, 11) is 1.96. The zero-order chi connectivity index (χ0) is 14.4. The Morgan fingerprint density at radius 3 is 2.75 bits per heavy atom. The van der Waals surface area contributed by atoms with Gasteiger partial charge < -0.3 is 4.74 Å². The van der Waals surface area contributed by atoms with Gasteiger partial charge in [-0.05, 0) is 19.8 Å². The summed E-state index contributed by atoms with van der Waals surface area (Å²) in [6.07, 6.45) is 3.18. The summed E-state index contributed by atoms with van der Waals surface area (Å²) < 4.78 is 9.95. The van der Waals surface area contributed by atoms with Crippen LogP contribution >= 0.6 is 0 Å². The van der Waals surface area contributed by atoms with Gasteiger partial charge in [0.2, 0.25) is 5.88 Å². The molecule has 3 heterocycles. The summed E-state index contributed by atoms with van der Waals surface area (Å²) in [6, 6.07) is 0. The SMILES string of the molecule is Cc1c(-c2nn3c(c2C(C)C)O[C@H](C)CC3)cnn1C. The van der Waals surface area contributed by atoms with Gasteiger partial charge in [-0.3, -0.25) is 4.68 Å². The Balaban J connectivity index is 2.19. The van der Waals surface area contributed by atoms with Gasteiger partial charge in [-0.25, -0.2) is 4.68 Å². The molecule has 1 aliphatic rings. The molecule has 0 saturated carbocycles. The van der Waals surface area contributed by atoms with E-state index < -0.39 is 0 Å². The standard InChI is InChI=1S/C15H22N4O/c1-9(2)13-14(12-8-16-18(5)11(12)4)17-19-7-6-10(3)20-15(13)19/h8-10H,6-7H2,1-5H3/t10-/m1/s1. The van der Waals surface area contributed by atoms with E-state index in [1.54, 1.807) is 0 Å². The Bertz CT molecular complexity index is 639. The van der Waals surface area contributed by atoms with Gasteiger partial charge in [-0.15, -0.1) is 0 Å². The van der Waals surface area contributed by atoms with Crippen molar-refractivity contribution in [2.24, 2.45) is 7.05 Å². The quantitative estimate of drug-likeness (QED) is 0.846. The Morgan fingerprint density at radius 1 is 1.40 bits per heavy atom. The first-order chi connectivity index (χ1) is 9.49. The Morgan fingerprint density at radius 2 is 2.15 bits per heavy atom. The summed E-state index contributed by atoms with van der Waals surface area (Å²) in [5.74, 6) is 1.32. The number of hydrogen-bond acceptors (Lipinski definition) is 3. The molecule has 1 aliphatic heterocycles. The van der Waals surface area contributed by atoms with Gasteiger partial charge in [0, 0.05) is 36.8 Å². The van der Waals surface area contributed by atoms with Crippen molar-refractivity contribution < 1.29 is 4.74 Å². The largest absolute Gasteiger partial charge is 0.475 e. The van der Waals surface area contributed by atoms with Crippen molar-refractivity contribution in [1.29, 1.82) is 0 Å². The minimum absolute atomic E-state index is 0.263. The predicted molar refractivity (Wildman–Crippen MR) is 78.0 cm³/mol. The first kappa shape index (κ1) is 13.2. The van der Waals surface area contributed by atoms with Gasteiger partial charge in [0.25, 0.3) is 0 Å². The van der Waals surface area contributed by atoms with Gasteiger partial charge >= 0.3 is 0 Å². The summed E-state index contributed by atoms with van der Waals surface area (Å²) in [5.41, 5.74) is 4.46. The maximum Gasteiger partial charge on any atom is 0.216 e. The van der Waals surface area contributed by atoms with E-state index in [1.165, 1.54) is 5.56 Å². The van der Waals surface area contributed by atoms with Gasteiger partial charge in [0.05, 0.1) is 12.3 Å². The lowest BCUT2D eigenvalue weighted by Crippen LogP contribution is -2.23. The van der Waals surface area contributed by atoms with Crippen LogP contribution in [0.5, 0.6) is 5.88 Å². The van der Waals surface area contributed by atoms with Crippen LogP contribution in [0.1, 0.15) is 44.4 Å². The van der Waals surface area contributed by atoms with Crippen LogP contribution in [-0.4, -0.2) is 25.7 Å². The molecule has 0 radical (unpaired) electrons. The highest BCUT2D eigenvalue weighted by Crippen LogP contribution is 2.39. The van der Waals surface area contributed by atoms with E-state index in [9.17, 15) is 0 Å². The topological polar surface area (TPSA) is 44.9 Å². The third-order valence-electron chi connectivity index (χ3n) is 4.07. The molecule has 0 amide bonds. The Hall–Kier alpha value is -1.78. The Labute approximate surface area is 119 Å². The summed E-state index contributed by atoms with van der Waals surface area (Å²) in [5, 5.41) is 9.13. The maximum atomic E-state index is 6.05. The van der Waals surface area contributed by atoms with Crippen molar-refractivity contribution in [2.75, 3.05) is 0 Å². The maximum absolute atomic E-state index is 6.05. The molecule has 0 aromatic carbocycles. The van der Waals surface area contributed by atoms with Crippen LogP contribution in [0.3, 0.4) is 0 Å². The van der Waals surface area contributed by atoms with Crippen molar-refractivity contribution in [3.05, 3.63) is 17.5 Å². The second-order valence-electron chi connectivity index (χ2n) is 5.93. The number of aromatic nitrogens is 4. The number of fused-ring (bicyclic) bond motifs is 1. The fourth-order valence-corrected chi connectivity index (χ4v) is 2.74. The van der Waals surface area contributed by atoms with E-state index in [-0.39, 0.29) is 6.10 Å². The monoisotopic (exact) mass is 274 g/mol. The van der Waals surface area contributed by atoms with Crippen LogP contribution in [0.15, 0.2) is 6.20 Å². The first-order valence-electron chi connectivity index (χ1n) is 7.25. The Kier molecular flexibility index (Phi) is 3.07. The lowest BCUT2D eigenvalue weighted by Gasteiger charge is -2.23. The van der Waals surface area contributed by atoms with Gasteiger partial charge in [0.15, 0.2) is 0 Å². The van der Waals surface area contributed by atoms with Crippen molar-refractivity contribution in [1.82, 2.24) is 19.6 Å². The summed E-state index contributed by atoms with van der Waals surface area (Å²) in [4.78, 5) is 0. The van der Waals surface area contributed by atoms with Crippen LogP contribution < -0.4 is 4.74 Å². The van der Waals surface area contributed by atoms with Crippen LogP contribution in [0, 0.1) is 6.92 Å². The molecule has 0 aliphatic carbocycles. The predicted octanol–water partition coefficient (Wildman–Crippen LogP) is 2.89. The molecule has 2 aromatic heterocycles. The molecular formula is C15H22N4O. The van der Waals surface area contributed by atoms with Gasteiger partial charge in [0.1, 0.15) is 5.69 Å². The lowest BCUT2D eigenvalue weighted by atomic mass is 9.99. The molecule has 0 N–H and O–H groups in total. The van der Waals surface area contributed by atoms with Gasteiger partial charge in [-0.2, -0.15) is 10.2 Å². The van der Waals surface area contributed by atoms with Crippen LogP contribution in [0.2, 0.25) is 0 Å². The summed E-state index contributed by atoms with van der Waals surface area (Å²) >= 11 is 0. The molecule has 5 nitrogen and oxygen atoms in total. The van der Waals surface area contributed by atoms with E-state index in [2.05, 4.69) is 32.8 Å². The smallest absolute Gasteiger partial charge is 0.216 e. The molecule has 0 saturated heterocycles. The fourth-order valence-electron chi connectivity index (χ4n) is 2.74. The molecule has 108 valence electrons. The molecule has 0 bridgehead atoms. The molecule has 0 unspecified atom stereocenters. The van der Waals surface area contributed by atoms with Crippen molar-refractivity contribution in [2.45, 2.75) is 52.7 Å². The molecule has 2 aromatic rings. The average molecular weight is 274 g/mol. The minimum Gasteiger partial charge on any atom is -0.475 e. The third-order valence-corrected chi connectivity index (χ3v) is 4.07. The molecule has 20 heavy (non-hydrogen) atoms. The van der Waals surface area contributed by atoms with Crippen molar-refractivity contribution >= 4 is 0 Å². The van der Waals surface area contributed by atoms with Crippen LogP contribution in [0.4, 0.5) is 0 Å². The van der Waals surface area contributed by atoms with E-state index in [1.807, 2.05) is 22.6 Å². The average Bonchev–Trinajstić information content (AvgIpc) is 2.91. The van der Waals surface area contributed by atoms with E-state index in [0.717, 1.165) is 35.8 Å². The highest BCUT2D eigenvalue weighted by molar-refractivity contribution is 5.68. The third kappa shape index (κ3) is 1.92. The number of ether oxygens (including phenoxy) is 1. The number of aryl methyl sites for hydroxylation is 2. The molecule has 0 spiro atoms. The molecular weight excluding hydrogens is 252 g/mol. The van der Waals surface area contributed by atoms with Crippen LogP contribution in [-0.2, 0) is 13.6 Å². The fraction of sp³-hybridized carbons (Fsp3) is 0.600. The van der Waals surface area contributed by atoms with Crippen LogP contribution in [0.25, 0.3) is 11.3 Å². The molecule has 0 fully saturated rings. The number of hydrogen-bond donors (Lipinski definition) is 0. The lowest BCUT2D eigenvalue weighted by molar-refractivity contribution is 0.147. The van der Waals surface area contributed by atoms with E-state index in [0.29, 0.717) is 5.92 Å². The van der Waals surface area contributed by atoms with Crippen molar-refractivity contribution in [3.8, 4) is 17.1 Å². The van der Waals surface area contributed by atoms with Crippen molar-refractivity contribution in [3.63, 3.8) is 0 Å². The second-order valence-corrected chi connectivity index (χ2v) is 5.93. The number of rotatable bonds is 2. The molecule has 3 rings (SSSR count). The second kappa shape index (κ2) is 4.65. The molecule has 5 heteroatoms. The normalized spacial score (nSPS) is 18.2. The highest BCUT2D eigenvalue weighted by Gasteiger charge is 2.28. The van der Waals surface area contributed by atoms with E-state index >= 15 is 0 Å². The highest BCUT2D eigenvalue weighted by atomic mass is 16.5. The zero-order valence-electron chi connectivity index (χ0n) is 12.8. The summed E-state index contributed by atoms with van der Waals surface area (Å²) in [6.45, 7) is 9.50. The first-order valence-corrected chi connectivity index (χ1v) is 7.25.